The van der Waals surface area contributed by atoms with Gasteiger partial charge in [-0.15, -0.1) is 5.92 Å². The van der Waals surface area contributed by atoms with E-state index < -0.39 is 23.9 Å². The summed E-state index contributed by atoms with van der Waals surface area (Å²) in [6, 6.07) is -0.462. The first-order valence-electron chi connectivity index (χ1n) is 6.99. The molecule has 2 rings (SSSR count). The van der Waals surface area contributed by atoms with Gasteiger partial charge in [-0.1, -0.05) is 12.5 Å². The highest BCUT2D eigenvalue weighted by molar-refractivity contribution is 5.67. The minimum atomic E-state index is -4.55. The van der Waals surface area contributed by atoms with Crippen LogP contribution in [0.4, 0.5) is 23.9 Å². The van der Waals surface area contributed by atoms with Gasteiger partial charge in [0.25, 0.3) is 0 Å². The molecule has 1 N–H and O–H groups in total. The Kier molecular flexibility index (Phi) is 4.97. The maximum absolute atomic E-state index is 12.6. The molecule has 0 unspecified atom stereocenters. The van der Waals surface area contributed by atoms with Gasteiger partial charge in [0.2, 0.25) is 5.95 Å². The van der Waals surface area contributed by atoms with E-state index in [0.29, 0.717) is 6.54 Å². The van der Waals surface area contributed by atoms with Crippen molar-refractivity contribution in [3.05, 3.63) is 24.5 Å². The standard InChI is InChI=1S/C15H15F3N4O2/c1-3-4-12-9-21(14(23)24)5-6-22(12)13-19-7-11(8-20-13)10(2)15(16,17)18/h7-8,12H,2,5-6,9H2,1H3,(H,23,24)/t12-/m0/s1. The molecule has 9 heteroatoms. The van der Waals surface area contributed by atoms with Gasteiger partial charge in [-0.3, -0.25) is 0 Å². The minimum Gasteiger partial charge on any atom is -0.465 e. The summed E-state index contributed by atoms with van der Waals surface area (Å²) in [6.45, 7) is 5.30. The minimum absolute atomic E-state index is 0.149. The Balaban J connectivity index is 2.22. The van der Waals surface area contributed by atoms with Crippen molar-refractivity contribution in [2.24, 2.45) is 0 Å². The fraction of sp³-hybridized carbons (Fsp3) is 0.400. The molecule has 1 aliphatic heterocycles. The summed E-state index contributed by atoms with van der Waals surface area (Å²) in [7, 11) is 0. The Bertz CT molecular complexity index is 691. The summed E-state index contributed by atoms with van der Waals surface area (Å²) >= 11 is 0. The number of carboxylic acid groups (broad SMARTS) is 1. The molecule has 1 fully saturated rings. The van der Waals surface area contributed by atoms with Gasteiger partial charge >= 0.3 is 12.3 Å². The molecule has 1 aromatic heterocycles. The molecular weight excluding hydrogens is 325 g/mol. The molecule has 2 heterocycles. The molecule has 0 radical (unpaired) electrons. The number of hydrogen-bond donors (Lipinski definition) is 1. The normalized spacial score (nSPS) is 17.9. The number of halogens is 3. The van der Waals surface area contributed by atoms with Crippen LogP contribution in [-0.2, 0) is 0 Å². The molecule has 0 saturated carbocycles. The van der Waals surface area contributed by atoms with E-state index in [-0.39, 0.29) is 24.6 Å². The van der Waals surface area contributed by atoms with Crippen LogP contribution in [0.3, 0.4) is 0 Å². The number of amides is 1. The zero-order valence-corrected chi connectivity index (χ0v) is 12.8. The number of alkyl halides is 3. The largest absolute Gasteiger partial charge is 0.465 e. The smallest absolute Gasteiger partial charge is 0.416 e. The summed E-state index contributed by atoms with van der Waals surface area (Å²) in [5.74, 6) is 5.79. The lowest BCUT2D eigenvalue weighted by Gasteiger charge is -2.37. The van der Waals surface area contributed by atoms with Crippen molar-refractivity contribution in [3.8, 4) is 11.8 Å². The average molecular weight is 340 g/mol. The Hall–Kier alpha value is -2.76. The van der Waals surface area contributed by atoms with Gasteiger partial charge in [-0.05, 0) is 6.92 Å². The Morgan fingerprint density at radius 1 is 1.38 bits per heavy atom. The summed E-state index contributed by atoms with van der Waals surface area (Å²) in [4.78, 5) is 21.9. The maximum Gasteiger partial charge on any atom is 0.416 e. The van der Waals surface area contributed by atoms with Gasteiger partial charge in [-0.2, -0.15) is 13.2 Å². The van der Waals surface area contributed by atoms with E-state index in [4.69, 9.17) is 5.11 Å². The summed E-state index contributed by atoms with van der Waals surface area (Å²) in [5.41, 5.74) is -1.23. The molecule has 6 nitrogen and oxygen atoms in total. The molecule has 24 heavy (non-hydrogen) atoms. The van der Waals surface area contributed by atoms with Crippen molar-refractivity contribution in [1.82, 2.24) is 14.9 Å². The van der Waals surface area contributed by atoms with Crippen molar-refractivity contribution >= 4 is 17.6 Å². The highest BCUT2D eigenvalue weighted by atomic mass is 19.4. The number of aromatic nitrogens is 2. The third-order valence-corrected chi connectivity index (χ3v) is 3.55. The average Bonchev–Trinajstić information content (AvgIpc) is 2.53. The fourth-order valence-corrected chi connectivity index (χ4v) is 2.28. The van der Waals surface area contributed by atoms with Crippen LogP contribution in [0.2, 0.25) is 0 Å². The quantitative estimate of drug-likeness (QED) is 0.836. The zero-order chi connectivity index (χ0) is 17.9. The first-order chi connectivity index (χ1) is 11.2. The lowest BCUT2D eigenvalue weighted by molar-refractivity contribution is -0.0687. The summed E-state index contributed by atoms with van der Waals surface area (Å²) < 4.78 is 37.9. The molecule has 1 amide bonds. The second-order valence-corrected chi connectivity index (χ2v) is 5.08. The van der Waals surface area contributed by atoms with E-state index in [1.807, 2.05) is 0 Å². The number of allylic oxidation sites excluding steroid dienone is 1. The molecule has 128 valence electrons. The first kappa shape index (κ1) is 17.6. The molecule has 1 aliphatic rings. The van der Waals surface area contributed by atoms with Gasteiger partial charge in [0.05, 0.1) is 12.1 Å². The predicted molar refractivity (Wildman–Crippen MR) is 81.3 cm³/mol. The first-order valence-corrected chi connectivity index (χ1v) is 6.99. The highest BCUT2D eigenvalue weighted by Gasteiger charge is 2.34. The summed E-state index contributed by atoms with van der Waals surface area (Å²) in [5, 5.41) is 9.07. The predicted octanol–water partition coefficient (Wildman–Crippen LogP) is 2.24. The van der Waals surface area contributed by atoms with E-state index in [1.54, 1.807) is 11.8 Å². The van der Waals surface area contributed by atoms with E-state index in [9.17, 15) is 18.0 Å². The SMILES string of the molecule is C=C(c1cnc(N2CCN(C(=O)O)C[C@@H]2C#CC)nc1)C(F)(F)F. The van der Waals surface area contributed by atoms with E-state index in [2.05, 4.69) is 28.4 Å². The monoisotopic (exact) mass is 340 g/mol. The van der Waals surface area contributed by atoms with E-state index >= 15 is 0 Å². The number of carbonyl (C=O) groups is 1. The Morgan fingerprint density at radius 3 is 2.50 bits per heavy atom. The molecule has 0 bridgehead atoms. The highest BCUT2D eigenvalue weighted by Crippen LogP contribution is 2.31. The molecule has 1 atom stereocenters. The van der Waals surface area contributed by atoms with Crippen LogP contribution in [0.15, 0.2) is 19.0 Å². The van der Waals surface area contributed by atoms with Crippen LogP contribution >= 0.6 is 0 Å². The lowest BCUT2D eigenvalue weighted by atomic mass is 10.1. The van der Waals surface area contributed by atoms with Crippen LogP contribution in [0.1, 0.15) is 12.5 Å². The molecule has 1 saturated heterocycles. The molecule has 1 aromatic rings. The number of hydrogen-bond acceptors (Lipinski definition) is 4. The van der Waals surface area contributed by atoms with Crippen molar-refractivity contribution in [1.29, 1.82) is 0 Å². The number of piperazine rings is 1. The van der Waals surface area contributed by atoms with Gasteiger partial charge in [0, 0.05) is 31.0 Å². The van der Waals surface area contributed by atoms with Crippen LogP contribution < -0.4 is 4.90 Å². The second-order valence-electron chi connectivity index (χ2n) is 5.08. The maximum atomic E-state index is 12.6. The second kappa shape index (κ2) is 6.78. The molecule has 0 aromatic carbocycles. The number of anilines is 1. The number of nitrogens with zero attached hydrogens (tertiary/aromatic N) is 4. The van der Waals surface area contributed by atoms with Gasteiger partial charge in [-0.25, -0.2) is 14.8 Å². The van der Waals surface area contributed by atoms with Gasteiger partial charge in [0.15, 0.2) is 0 Å². The lowest BCUT2D eigenvalue weighted by Crippen LogP contribution is -2.54. The van der Waals surface area contributed by atoms with E-state index in [0.717, 1.165) is 12.4 Å². The number of rotatable bonds is 2. The summed E-state index contributed by atoms with van der Waals surface area (Å²) in [6.07, 6.45) is -3.49. The van der Waals surface area contributed by atoms with Crippen molar-refractivity contribution in [3.63, 3.8) is 0 Å². The third kappa shape index (κ3) is 3.76. The van der Waals surface area contributed by atoms with Crippen molar-refractivity contribution in [2.75, 3.05) is 24.5 Å². The van der Waals surface area contributed by atoms with Crippen molar-refractivity contribution < 1.29 is 23.1 Å². The van der Waals surface area contributed by atoms with Gasteiger partial charge in [0.1, 0.15) is 6.04 Å². The third-order valence-electron chi connectivity index (χ3n) is 3.55. The Labute approximate surface area is 136 Å². The molecule has 0 spiro atoms. The molecule has 0 aliphatic carbocycles. The fourth-order valence-electron chi connectivity index (χ4n) is 2.28. The molecular formula is C15H15F3N4O2. The Morgan fingerprint density at radius 2 is 2.00 bits per heavy atom. The van der Waals surface area contributed by atoms with Gasteiger partial charge < -0.3 is 14.9 Å². The zero-order valence-electron chi connectivity index (χ0n) is 12.8. The van der Waals surface area contributed by atoms with E-state index in [1.165, 1.54) is 4.90 Å². The van der Waals surface area contributed by atoms with Crippen LogP contribution in [0.25, 0.3) is 5.57 Å². The van der Waals surface area contributed by atoms with Crippen LogP contribution in [-0.4, -0.2) is 57.9 Å². The topological polar surface area (TPSA) is 69.6 Å². The van der Waals surface area contributed by atoms with Crippen LogP contribution in [0, 0.1) is 11.8 Å². The van der Waals surface area contributed by atoms with Crippen molar-refractivity contribution in [2.45, 2.75) is 19.1 Å². The van der Waals surface area contributed by atoms with Crippen LogP contribution in [0.5, 0.6) is 0 Å².